The second-order valence-corrected chi connectivity index (χ2v) is 8.31. The van der Waals surface area contributed by atoms with Gasteiger partial charge in [0, 0.05) is 47.4 Å². The molecule has 0 fully saturated rings. The van der Waals surface area contributed by atoms with Crippen LogP contribution in [0.15, 0.2) is 54.7 Å². The summed E-state index contributed by atoms with van der Waals surface area (Å²) in [6.45, 7) is 8.63. The van der Waals surface area contributed by atoms with Gasteiger partial charge in [0.05, 0.1) is 0 Å². The van der Waals surface area contributed by atoms with E-state index >= 15 is 0 Å². The molecule has 0 radical (unpaired) electrons. The maximum Gasteiger partial charge on any atom is 0.251 e. The number of amides is 2. The average molecular weight is 406 g/mol. The standard InChI is InChI=1S/C25H31N3O2/c1-17(2)15-19(4)28(21-9-10-23-20(16-21)11-13-26-23)24(29)12-14-27-25(30)22-8-6-5-7-18(22)3/h5-11,13,16-17,19,26H,12,14-15H2,1-4H3,(H,27,30). The summed E-state index contributed by atoms with van der Waals surface area (Å²) in [4.78, 5) is 30.7. The number of aromatic amines is 1. The monoisotopic (exact) mass is 405 g/mol. The number of anilines is 1. The van der Waals surface area contributed by atoms with E-state index in [1.54, 1.807) is 6.07 Å². The molecule has 1 atom stereocenters. The summed E-state index contributed by atoms with van der Waals surface area (Å²) in [5.41, 5.74) is 3.51. The van der Waals surface area contributed by atoms with Crippen molar-refractivity contribution in [1.29, 1.82) is 0 Å². The van der Waals surface area contributed by atoms with Crippen LogP contribution in [0.25, 0.3) is 10.9 Å². The fourth-order valence-electron chi connectivity index (χ4n) is 3.95. The number of carbonyl (C=O) groups is 2. The van der Waals surface area contributed by atoms with Crippen LogP contribution in [0.2, 0.25) is 0 Å². The van der Waals surface area contributed by atoms with Crippen molar-refractivity contribution in [3.8, 4) is 0 Å². The third-order valence-corrected chi connectivity index (χ3v) is 5.35. The van der Waals surface area contributed by atoms with Crippen molar-refractivity contribution in [3.05, 3.63) is 65.9 Å². The highest BCUT2D eigenvalue weighted by atomic mass is 16.2. The molecule has 30 heavy (non-hydrogen) atoms. The van der Waals surface area contributed by atoms with Crippen LogP contribution in [-0.2, 0) is 4.79 Å². The predicted octanol–water partition coefficient (Wildman–Crippen LogP) is 5.06. The molecular weight excluding hydrogens is 374 g/mol. The first-order valence-electron chi connectivity index (χ1n) is 10.6. The lowest BCUT2D eigenvalue weighted by molar-refractivity contribution is -0.119. The van der Waals surface area contributed by atoms with Crippen LogP contribution in [0, 0.1) is 12.8 Å². The molecule has 5 nitrogen and oxygen atoms in total. The Balaban J connectivity index is 1.71. The molecule has 0 aliphatic rings. The van der Waals surface area contributed by atoms with Crippen LogP contribution in [-0.4, -0.2) is 29.4 Å². The number of carbonyl (C=O) groups excluding carboxylic acids is 2. The Hall–Kier alpha value is -3.08. The summed E-state index contributed by atoms with van der Waals surface area (Å²) in [7, 11) is 0. The first kappa shape index (κ1) is 21.6. The Morgan fingerprint density at radius 3 is 2.57 bits per heavy atom. The Kier molecular flexibility index (Phi) is 6.93. The zero-order valence-corrected chi connectivity index (χ0v) is 18.2. The highest BCUT2D eigenvalue weighted by Crippen LogP contribution is 2.26. The third-order valence-electron chi connectivity index (χ3n) is 5.35. The topological polar surface area (TPSA) is 65.2 Å². The molecule has 2 N–H and O–H groups in total. The molecule has 0 aliphatic heterocycles. The molecule has 0 spiro atoms. The van der Waals surface area contributed by atoms with Gasteiger partial charge >= 0.3 is 0 Å². The summed E-state index contributed by atoms with van der Waals surface area (Å²) in [5, 5.41) is 3.97. The lowest BCUT2D eigenvalue weighted by atomic mass is 10.0. The molecule has 158 valence electrons. The molecule has 3 rings (SSSR count). The van der Waals surface area contributed by atoms with Crippen LogP contribution in [0.4, 0.5) is 5.69 Å². The van der Waals surface area contributed by atoms with E-state index in [0.717, 1.165) is 28.6 Å². The van der Waals surface area contributed by atoms with Crippen LogP contribution in [0.5, 0.6) is 0 Å². The van der Waals surface area contributed by atoms with Gasteiger partial charge in [0.2, 0.25) is 5.91 Å². The zero-order chi connectivity index (χ0) is 21.7. The van der Waals surface area contributed by atoms with Crippen molar-refractivity contribution in [3.63, 3.8) is 0 Å². The van der Waals surface area contributed by atoms with Gasteiger partial charge in [0.15, 0.2) is 0 Å². The maximum absolute atomic E-state index is 13.2. The molecule has 1 unspecified atom stereocenters. The van der Waals surface area contributed by atoms with E-state index in [4.69, 9.17) is 0 Å². The maximum atomic E-state index is 13.2. The van der Waals surface area contributed by atoms with Gasteiger partial charge in [-0.2, -0.15) is 0 Å². The Bertz CT molecular complexity index is 1020. The summed E-state index contributed by atoms with van der Waals surface area (Å²) in [5.74, 6) is 0.353. The number of H-pyrrole nitrogens is 1. The molecule has 0 aliphatic carbocycles. The summed E-state index contributed by atoms with van der Waals surface area (Å²) < 4.78 is 0. The quantitative estimate of drug-likeness (QED) is 0.550. The van der Waals surface area contributed by atoms with Crippen LogP contribution in [0.3, 0.4) is 0 Å². The molecule has 3 aromatic rings. The second kappa shape index (κ2) is 9.61. The van der Waals surface area contributed by atoms with E-state index in [9.17, 15) is 9.59 Å². The molecule has 1 heterocycles. The highest BCUT2D eigenvalue weighted by molar-refractivity contribution is 5.98. The van der Waals surface area contributed by atoms with Crippen molar-refractivity contribution in [2.75, 3.05) is 11.4 Å². The molecule has 5 heteroatoms. The average Bonchev–Trinajstić information content (AvgIpc) is 3.15. The van der Waals surface area contributed by atoms with Gasteiger partial charge in [-0.15, -0.1) is 0 Å². The van der Waals surface area contributed by atoms with Gasteiger partial charge in [-0.25, -0.2) is 0 Å². The molecule has 2 aromatic carbocycles. The number of benzene rings is 2. The lowest BCUT2D eigenvalue weighted by Gasteiger charge is -2.31. The van der Waals surface area contributed by atoms with Gasteiger partial charge in [0.25, 0.3) is 5.91 Å². The number of rotatable bonds is 8. The van der Waals surface area contributed by atoms with Gasteiger partial charge in [-0.1, -0.05) is 32.0 Å². The predicted molar refractivity (Wildman–Crippen MR) is 123 cm³/mol. The molecule has 0 bridgehead atoms. The Morgan fingerprint density at radius 1 is 1.07 bits per heavy atom. The van der Waals surface area contributed by atoms with Gasteiger partial charge in [-0.05, 0) is 62.1 Å². The summed E-state index contributed by atoms with van der Waals surface area (Å²) in [6.07, 6.45) is 3.07. The van der Waals surface area contributed by atoms with Crippen molar-refractivity contribution in [1.82, 2.24) is 10.3 Å². The number of hydrogen-bond donors (Lipinski definition) is 2. The Labute approximate surface area is 178 Å². The van der Waals surface area contributed by atoms with Crippen LogP contribution in [0.1, 0.15) is 49.5 Å². The van der Waals surface area contributed by atoms with Crippen LogP contribution < -0.4 is 10.2 Å². The molecule has 0 saturated heterocycles. The fraction of sp³-hybridized carbons (Fsp3) is 0.360. The van der Waals surface area contributed by atoms with Gasteiger partial charge in [-0.3, -0.25) is 9.59 Å². The SMILES string of the molecule is Cc1ccccc1C(=O)NCCC(=O)N(c1ccc2[nH]ccc2c1)C(C)CC(C)C. The number of hydrogen-bond acceptors (Lipinski definition) is 2. The van der Waals surface area contributed by atoms with Crippen molar-refractivity contribution in [2.24, 2.45) is 5.92 Å². The number of nitrogens with one attached hydrogen (secondary N) is 2. The molecule has 1 aromatic heterocycles. The number of aryl methyl sites for hydroxylation is 1. The minimum absolute atomic E-state index is 0.0168. The lowest BCUT2D eigenvalue weighted by Crippen LogP contribution is -2.41. The van der Waals surface area contributed by atoms with E-state index in [-0.39, 0.29) is 24.3 Å². The van der Waals surface area contributed by atoms with Gasteiger partial charge in [0.1, 0.15) is 0 Å². The van der Waals surface area contributed by atoms with Crippen molar-refractivity contribution < 1.29 is 9.59 Å². The first-order chi connectivity index (χ1) is 14.4. The number of fused-ring (bicyclic) bond motifs is 1. The van der Waals surface area contributed by atoms with E-state index in [2.05, 4.69) is 31.1 Å². The first-order valence-corrected chi connectivity index (χ1v) is 10.6. The molecule has 0 saturated carbocycles. The van der Waals surface area contributed by atoms with Crippen molar-refractivity contribution >= 4 is 28.4 Å². The third kappa shape index (κ3) is 5.09. The van der Waals surface area contributed by atoms with E-state index in [1.807, 2.05) is 60.5 Å². The number of aromatic nitrogens is 1. The largest absolute Gasteiger partial charge is 0.361 e. The Morgan fingerprint density at radius 2 is 1.83 bits per heavy atom. The fourth-order valence-corrected chi connectivity index (χ4v) is 3.95. The highest BCUT2D eigenvalue weighted by Gasteiger charge is 2.23. The zero-order valence-electron chi connectivity index (χ0n) is 18.2. The normalized spacial score (nSPS) is 12.2. The van der Waals surface area contributed by atoms with E-state index in [1.165, 1.54) is 0 Å². The summed E-state index contributed by atoms with van der Waals surface area (Å²) >= 11 is 0. The van der Waals surface area contributed by atoms with Crippen LogP contribution >= 0.6 is 0 Å². The van der Waals surface area contributed by atoms with E-state index in [0.29, 0.717) is 18.0 Å². The minimum Gasteiger partial charge on any atom is -0.361 e. The number of nitrogens with zero attached hydrogens (tertiary/aromatic N) is 1. The molecular formula is C25H31N3O2. The molecule has 2 amide bonds. The smallest absolute Gasteiger partial charge is 0.251 e. The second-order valence-electron chi connectivity index (χ2n) is 8.31. The summed E-state index contributed by atoms with van der Waals surface area (Å²) in [6, 6.07) is 15.6. The minimum atomic E-state index is -0.142. The van der Waals surface area contributed by atoms with Crippen molar-refractivity contribution in [2.45, 2.75) is 46.6 Å². The van der Waals surface area contributed by atoms with E-state index < -0.39 is 0 Å². The van der Waals surface area contributed by atoms with Gasteiger partial charge < -0.3 is 15.2 Å².